The number of para-hydroxylation sites is 1. The van der Waals surface area contributed by atoms with Crippen molar-refractivity contribution in [3.8, 4) is 22.9 Å². The van der Waals surface area contributed by atoms with Gasteiger partial charge >= 0.3 is 12.5 Å². The predicted molar refractivity (Wildman–Crippen MR) is 70.7 cm³/mol. The van der Waals surface area contributed by atoms with Crippen molar-refractivity contribution in [3.05, 3.63) is 47.8 Å². The summed E-state index contributed by atoms with van der Waals surface area (Å²) in [5.74, 6) is -0.645. The molecule has 9 heteroatoms. The van der Waals surface area contributed by atoms with Crippen molar-refractivity contribution in [2.75, 3.05) is 0 Å². The maximum atomic E-state index is 13.1. The fourth-order valence-electron chi connectivity index (χ4n) is 2.02. The lowest BCUT2D eigenvalue weighted by molar-refractivity contribution is -0.274. The zero-order chi connectivity index (χ0) is 18.0. The molecule has 2 rings (SSSR count). The molecule has 0 aliphatic heterocycles. The third kappa shape index (κ3) is 4.16. The first-order valence-corrected chi connectivity index (χ1v) is 6.40. The summed E-state index contributed by atoms with van der Waals surface area (Å²) in [6.07, 6.45) is -9.39. The summed E-state index contributed by atoms with van der Waals surface area (Å²) in [6, 6.07) is 6.99. The standard InChI is InChI=1S/C15H8F6N2O/c16-14(17,18)11-7-9(8-23-12(11)5-6-22)10-3-1-2-4-13(10)24-15(19,20)21/h1-4,7-8H,5H2. The first-order chi connectivity index (χ1) is 11.1. The average Bonchev–Trinajstić information content (AvgIpc) is 2.46. The monoisotopic (exact) mass is 346 g/mol. The highest BCUT2D eigenvalue weighted by Crippen LogP contribution is 2.37. The lowest BCUT2D eigenvalue weighted by Gasteiger charge is -2.15. The van der Waals surface area contributed by atoms with Crippen LogP contribution in [-0.4, -0.2) is 11.3 Å². The van der Waals surface area contributed by atoms with Crippen molar-refractivity contribution in [2.24, 2.45) is 0 Å². The van der Waals surface area contributed by atoms with Gasteiger partial charge in [-0.05, 0) is 12.1 Å². The van der Waals surface area contributed by atoms with Gasteiger partial charge in [0.2, 0.25) is 0 Å². The van der Waals surface area contributed by atoms with Gasteiger partial charge in [0.1, 0.15) is 5.75 Å². The van der Waals surface area contributed by atoms with Gasteiger partial charge in [-0.3, -0.25) is 4.98 Å². The van der Waals surface area contributed by atoms with E-state index < -0.39 is 36.0 Å². The van der Waals surface area contributed by atoms with Crippen molar-refractivity contribution in [2.45, 2.75) is 19.0 Å². The summed E-state index contributed by atoms with van der Waals surface area (Å²) in [6.45, 7) is 0. The van der Waals surface area contributed by atoms with E-state index in [9.17, 15) is 26.3 Å². The summed E-state index contributed by atoms with van der Waals surface area (Å²) in [5.41, 5.74) is -2.08. The Labute approximate surface area is 132 Å². The van der Waals surface area contributed by atoms with Gasteiger partial charge in [-0.25, -0.2) is 0 Å². The van der Waals surface area contributed by atoms with Crippen LogP contribution in [0.2, 0.25) is 0 Å². The van der Waals surface area contributed by atoms with Gasteiger partial charge in [0.15, 0.2) is 0 Å². The van der Waals surface area contributed by atoms with Crippen LogP contribution in [0.3, 0.4) is 0 Å². The SMILES string of the molecule is N#CCc1ncc(-c2ccccc2OC(F)(F)F)cc1C(F)(F)F. The number of ether oxygens (including phenoxy) is 1. The summed E-state index contributed by atoms with van der Waals surface area (Å²) >= 11 is 0. The zero-order valence-corrected chi connectivity index (χ0v) is 11.7. The largest absolute Gasteiger partial charge is 0.573 e. The van der Waals surface area contributed by atoms with Crippen LogP contribution in [0.4, 0.5) is 26.3 Å². The molecule has 24 heavy (non-hydrogen) atoms. The smallest absolute Gasteiger partial charge is 0.405 e. The highest BCUT2D eigenvalue weighted by Gasteiger charge is 2.35. The Morgan fingerprint density at radius 1 is 1.08 bits per heavy atom. The van der Waals surface area contributed by atoms with Crippen molar-refractivity contribution < 1.29 is 31.1 Å². The molecule has 126 valence electrons. The Morgan fingerprint density at radius 2 is 1.75 bits per heavy atom. The van der Waals surface area contributed by atoms with Gasteiger partial charge < -0.3 is 4.74 Å². The molecule has 0 fully saturated rings. The van der Waals surface area contributed by atoms with Crippen molar-refractivity contribution in [1.82, 2.24) is 4.98 Å². The number of hydrogen-bond donors (Lipinski definition) is 0. The number of nitrogens with zero attached hydrogens (tertiary/aromatic N) is 2. The number of rotatable bonds is 3. The minimum Gasteiger partial charge on any atom is -0.405 e. The van der Waals surface area contributed by atoms with E-state index in [0.717, 1.165) is 12.3 Å². The highest BCUT2D eigenvalue weighted by atomic mass is 19.4. The van der Waals surface area contributed by atoms with Crippen LogP contribution in [0.15, 0.2) is 36.5 Å². The van der Waals surface area contributed by atoms with Crippen molar-refractivity contribution in [1.29, 1.82) is 5.26 Å². The zero-order valence-electron chi connectivity index (χ0n) is 11.7. The maximum Gasteiger partial charge on any atom is 0.573 e. The normalized spacial score (nSPS) is 11.9. The molecule has 1 aromatic carbocycles. The molecule has 0 saturated carbocycles. The van der Waals surface area contributed by atoms with E-state index >= 15 is 0 Å². The van der Waals surface area contributed by atoms with E-state index in [1.807, 2.05) is 0 Å². The Kier molecular flexibility index (Phi) is 4.68. The quantitative estimate of drug-likeness (QED) is 0.755. The maximum absolute atomic E-state index is 13.1. The molecule has 0 N–H and O–H groups in total. The highest BCUT2D eigenvalue weighted by molar-refractivity contribution is 5.70. The van der Waals surface area contributed by atoms with Gasteiger partial charge in [0.25, 0.3) is 0 Å². The summed E-state index contributed by atoms with van der Waals surface area (Å²) in [4.78, 5) is 3.57. The van der Waals surface area contributed by atoms with Crippen molar-refractivity contribution >= 4 is 0 Å². The van der Waals surface area contributed by atoms with E-state index in [4.69, 9.17) is 5.26 Å². The van der Waals surface area contributed by atoms with Crippen LogP contribution in [0, 0.1) is 11.3 Å². The Bertz CT molecular complexity index is 777. The molecular formula is C15H8F6N2O. The molecule has 0 amide bonds. The Morgan fingerprint density at radius 3 is 2.33 bits per heavy atom. The lowest BCUT2D eigenvalue weighted by Crippen LogP contribution is -2.17. The number of alkyl halides is 6. The number of aromatic nitrogens is 1. The third-order valence-electron chi connectivity index (χ3n) is 2.95. The van der Waals surface area contributed by atoms with Crippen LogP contribution >= 0.6 is 0 Å². The van der Waals surface area contributed by atoms with Crippen LogP contribution in [0.25, 0.3) is 11.1 Å². The van der Waals surface area contributed by atoms with Gasteiger partial charge in [-0.2, -0.15) is 18.4 Å². The second kappa shape index (κ2) is 6.39. The second-order valence-corrected chi connectivity index (χ2v) is 4.59. The van der Waals surface area contributed by atoms with Crippen LogP contribution < -0.4 is 4.74 Å². The van der Waals surface area contributed by atoms with Crippen LogP contribution in [-0.2, 0) is 12.6 Å². The van der Waals surface area contributed by atoms with Crippen molar-refractivity contribution in [3.63, 3.8) is 0 Å². The number of nitriles is 1. The molecule has 0 unspecified atom stereocenters. The fraction of sp³-hybridized carbons (Fsp3) is 0.200. The second-order valence-electron chi connectivity index (χ2n) is 4.59. The first-order valence-electron chi connectivity index (χ1n) is 6.40. The average molecular weight is 346 g/mol. The van der Waals surface area contributed by atoms with E-state index in [0.29, 0.717) is 6.07 Å². The summed E-state index contributed by atoms with van der Waals surface area (Å²) in [5, 5.41) is 8.57. The molecular weight excluding hydrogens is 338 g/mol. The number of hydrogen-bond acceptors (Lipinski definition) is 3. The summed E-state index contributed by atoms with van der Waals surface area (Å²) < 4.78 is 80.3. The molecule has 0 aliphatic rings. The van der Waals surface area contributed by atoms with E-state index in [-0.39, 0.29) is 11.1 Å². The molecule has 2 aromatic rings. The van der Waals surface area contributed by atoms with Gasteiger partial charge in [0.05, 0.1) is 23.7 Å². The Hall–Kier alpha value is -2.76. The van der Waals surface area contributed by atoms with E-state index in [2.05, 4.69) is 9.72 Å². The number of halogens is 6. The Balaban J connectivity index is 2.57. The minimum absolute atomic E-state index is 0.198. The first kappa shape index (κ1) is 17.6. The van der Waals surface area contributed by atoms with Gasteiger partial charge in [-0.1, -0.05) is 18.2 Å². The van der Waals surface area contributed by atoms with Gasteiger partial charge in [0, 0.05) is 17.3 Å². The third-order valence-corrected chi connectivity index (χ3v) is 2.95. The molecule has 1 aromatic heterocycles. The van der Waals surface area contributed by atoms with E-state index in [1.165, 1.54) is 18.2 Å². The van der Waals surface area contributed by atoms with Crippen LogP contribution in [0.1, 0.15) is 11.3 Å². The number of benzene rings is 1. The molecule has 3 nitrogen and oxygen atoms in total. The summed E-state index contributed by atoms with van der Waals surface area (Å²) in [7, 11) is 0. The molecule has 0 spiro atoms. The molecule has 1 heterocycles. The lowest BCUT2D eigenvalue weighted by atomic mass is 10.0. The topological polar surface area (TPSA) is 45.9 Å². The predicted octanol–water partition coefficient (Wildman–Crippen LogP) is 4.73. The minimum atomic E-state index is -4.99. The van der Waals surface area contributed by atoms with Gasteiger partial charge in [-0.15, -0.1) is 13.2 Å². The number of pyridine rings is 1. The molecule has 0 radical (unpaired) electrons. The molecule has 0 bridgehead atoms. The molecule has 0 aliphatic carbocycles. The van der Waals surface area contributed by atoms with E-state index in [1.54, 1.807) is 6.07 Å². The fourth-order valence-corrected chi connectivity index (χ4v) is 2.02. The molecule has 0 atom stereocenters. The molecule has 0 saturated heterocycles. The van der Waals surface area contributed by atoms with Crippen LogP contribution in [0.5, 0.6) is 5.75 Å².